The molecule has 0 fully saturated rings. The molecule has 0 N–H and O–H groups in total. The number of fused-ring (bicyclic) bond motifs is 11. The lowest BCUT2D eigenvalue weighted by molar-refractivity contribution is 0.938. The van der Waals surface area contributed by atoms with Gasteiger partial charge in [0, 0.05) is 51.5 Å². The van der Waals surface area contributed by atoms with Crippen LogP contribution in [0.2, 0.25) is 0 Å². The predicted molar refractivity (Wildman–Crippen MR) is 194 cm³/mol. The highest BCUT2D eigenvalue weighted by molar-refractivity contribution is 6.92. The van der Waals surface area contributed by atoms with Gasteiger partial charge in [-0.25, -0.2) is 0 Å². The van der Waals surface area contributed by atoms with E-state index in [2.05, 4.69) is 163 Å². The molecule has 220 valence electrons. The van der Waals surface area contributed by atoms with Crippen molar-refractivity contribution in [3.05, 3.63) is 151 Å². The molecule has 5 heteroatoms. The van der Waals surface area contributed by atoms with Crippen LogP contribution in [0.25, 0.3) is 33.5 Å². The van der Waals surface area contributed by atoms with E-state index >= 15 is 0 Å². The van der Waals surface area contributed by atoms with Crippen LogP contribution in [0.5, 0.6) is 0 Å². The van der Waals surface area contributed by atoms with Crippen LogP contribution in [0.15, 0.2) is 145 Å². The second-order valence-corrected chi connectivity index (χ2v) is 12.6. The first kappa shape index (κ1) is 26.8. The van der Waals surface area contributed by atoms with Crippen molar-refractivity contribution >= 4 is 40.5 Å². The third kappa shape index (κ3) is 3.98. The van der Waals surface area contributed by atoms with Crippen molar-refractivity contribution in [2.75, 3.05) is 21.3 Å². The SMILES string of the molecule is CC1=C(C)N(c2ccc3c(c2)B2c4cc(-c5cc(C)ccn5)ccc4-c4ccccc4N2c2ccccc2-3)CN1c1ccccc1. The van der Waals surface area contributed by atoms with Crippen LogP contribution < -0.4 is 25.5 Å². The summed E-state index contributed by atoms with van der Waals surface area (Å²) in [5.41, 5.74) is 18.6. The highest BCUT2D eigenvalue weighted by atomic mass is 15.4. The monoisotopic (exact) mass is 592 g/mol. The summed E-state index contributed by atoms with van der Waals surface area (Å²) < 4.78 is 0. The molecule has 3 aliphatic rings. The summed E-state index contributed by atoms with van der Waals surface area (Å²) in [5, 5.41) is 0. The number of benzene rings is 5. The lowest BCUT2D eigenvalue weighted by Gasteiger charge is -2.43. The molecule has 0 amide bonds. The van der Waals surface area contributed by atoms with Gasteiger partial charge in [-0.1, -0.05) is 78.9 Å². The number of allylic oxidation sites excluding steroid dienone is 2. The fraction of sp³-hybridized carbons (Fsp3) is 0.0976. The molecule has 6 aromatic rings. The Bertz CT molecular complexity index is 2200. The minimum Gasteiger partial charge on any atom is -0.376 e. The van der Waals surface area contributed by atoms with Crippen LogP contribution in [0.1, 0.15) is 19.4 Å². The first-order chi connectivity index (χ1) is 22.6. The molecule has 0 saturated heterocycles. The second kappa shape index (κ2) is 10.2. The van der Waals surface area contributed by atoms with Gasteiger partial charge in [0.15, 0.2) is 0 Å². The van der Waals surface area contributed by atoms with Gasteiger partial charge in [-0.3, -0.25) is 4.98 Å². The Balaban J connectivity index is 1.25. The van der Waals surface area contributed by atoms with Gasteiger partial charge in [0.1, 0.15) is 0 Å². The molecule has 0 spiro atoms. The molecule has 3 aliphatic heterocycles. The van der Waals surface area contributed by atoms with Gasteiger partial charge in [0.2, 0.25) is 0 Å². The summed E-state index contributed by atoms with van der Waals surface area (Å²) in [6.07, 6.45) is 1.91. The first-order valence-corrected chi connectivity index (χ1v) is 16.0. The number of hydrogen-bond acceptors (Lipinski definition) is 4. The Morgan fingerprint density at radius 3 is 1.85 bits per heavy atom. The van der Waals surface area contributed by atoms with E-state index in [-0.39, 0.29) is 6.85 Å². The van der Waals surface area contributed by atoms with E-state index in [1.807, 2.05) is 6.20 Å². The summed E-state index contributed by atoms with van der Waals surface area (Å²) in [6.45, 7) is 7.40. The fourth-order valence-electron chi connectivity index (χ4n) is 7.66. The van der Waals surface area contributed by atoms with Crippen molar-refractivity contribution in [3.8, 4) is 33.5 Å². The third-order valence-corrected chi connectivity index (χ3v) is 10.0. The molecule has 0 bridgehead atoms. The molecular weight excluding hydrogens is 559 g/mol. The van der Waals surface area contributed by atoms with Gasteiger partial charge in [0.05, 0.1) is 12.4 Å². The quantitative estimate of drug-likeness (QED) is 0.192. The zero-order valence-electron chi connectivity index (χ0n) is 26.3. The predicted octanol–water partition coefficient (Wildman–Crippen LogP) is 8.50. The largest absolute Gasteiger partial charge is 0.376 e. The highest BCUT2D eigenvalue weighted by Gasteiger charge is 2.42. The van der Waals surface area contributed by atoms with Crippen molar-refractivity contribution in [3.63, 3.8) is 0 Å². The van der Waals surface area contributed by atoms with Crippen LogP contribution >= 0.6 is 0 Å². The van der Waals surface area contributed by atoms with Gasteiger partial charge in [-0.2, -0.15) is 0 Å². The molecule has 0 unspecified atom stereocenters. The highest BCUT2D eigenvalue weighted by Crippen LogP contribution is 2.46. The first-order valence-electron chi connectivity index (χ1n) is 16.0. The molecule has 1 aromatic heterocycles. The smallest absolute Gasteiger partial charge is 0.329 e. The van der Waals surface area contributed by atoms with E-state index in [1.54, 1.807) is 0 Å². The standard InChI is InChI=1S/C41H33BN4/c1-27-21-22-43-39(23-27)30-17-19-33-35-13-7-9-15-40(35)46-41-16-10-8-14-36(41)34-20-18-32(25-38(34)42(46)37(33)24-30)45-26-44(28(2)29(45)3)31-11-5-4-6-12-31/h4-25H,26H2,1-3H3. The summed E-state index contributed by atoms with van der Waals surface area (Å²) in [6, 6.07) is 46.7. The molecule has 0 saturated carbocycles. The lowest BCUT2D eigenvalue weighted by Crippen LogP contribution is -2.59. The number of rotatable bonds is 3. The van der Waals surface area contributed by atoms with Crippen molar-refractivity contribution in [2.24, 2.45) is 0 Å². The van der Waals surface area contributed by atoms with Gasteiger partial charge in [0.25, 0.3) is 0 Å². The molecule has 4 heterocycles. The minimum atomic E-state index is 0.0118. The number of nitrogens with zero attached hydrogens (tertiary/aromatic N) is 4. The Kier molecular flexibility index (Phi) is 5.98. The van der Waals surface area contributed by atoms with Crippen molar-refractivity contribution < 1.29 is 0 Å². The maximum atomic E-state index is 4.77. The number of anilines is 4. The third-order valence-electron chi connectivity index (χ3n) is 10.0. The number of pyridine rings is 1. The molecule has 46 heavy (non-hydrogen) atoms. The Labute approximate surface area is 271 Å². The second-order valence-electron chi connectivity index (χ2n) is 12.6. The lowest BCUT2D eigenvalue weighted by atomic mass is 9.43. The van der Waals surface area contributed by atoms with Crippen LogP contribution in [0.4, 0.5) is 22.7 Å². The summed E-state index contributed by atoms with van der Waals surface area (Å²) in [7, 11) is 0. The maximum absolute atomic E-state index is 4.77. The zero-order valence-corrected chi connectivity index (χ0v) is 26.3. The van der Waals surface area contributed by atoms with E-state index < -0.39 is 0 Å². The molecule has 9 rings (SSSR count). The molecule has 4 nitrogen and oxygen atoms in total. The summed E-state index contributed by atoms with van der Waals surface area (Å²) in [5.74, 6) is 0. The Morgan fingerprint density at radius 1 is 0.543 bits per heavy atom. The van der Waals surface area contributed by atoms with Gasteiger partial charge < -0.3 is 14.6 Å². The molecule has 0 radical (unpaired) electrons. The maximum Gasteiger partial charge on any atom is 0.329 e. The van der Waals surface area contributed by atoms with E-state index in [9.17, 15) is 0 Å². The van der Waals surface area contributed by atoms with E-state index in [0.717, 1.165) is 17.9 Å². The molecule has 0 atom stereocenters. The van der Waals surface area contributed by atoms with E-state index in [4.69, 9.17) is 4.98 Å². The van der Waals surface area contributed by atoms with Crippen LogP contribution in [-0.2, 0) is 0 Å². The minimum absolute atomic E-state index is 0.0118. The summed E-state index contributed by atoms with van der Waals surface area (Å²) >= 11 is 0. The zero-order chi connectivity index (χ0) is 30.9. The Morgan fingerprint density at radius 2 is 1.15 bits per heavy atom. The topological polar surface area (TPSA) is 22.6 Å². The fourth-order valence-corrected chi connectivity index (χ4v) is 7.66. The van der Waals surface area contributed by atoms with Crippen molar-refractivity contribution in [1.29, 1.82) is 0 Å². The van der Waals surface area contributed by atoms with Crippen LogP contribution in [0, 0.1) is 6.92 Å². The van der Waals surface area contributed by atoms with Gasteiger partial charge in [-0.15, -0.1) is 0 Å². The van der Waals surface area contributed by atoms with Crippen molar-refractivity contribution in [2.45, 2.75) is 20.8 Å². The van der Waals surface area contributed by atoms with Crippen LogP contribution in [-0.4, -0.2) is 18.5 Å². The normalized spacial score (nSPS) is 14.5. The number of aryl methyl sites for hydroxylation is 1. The van der Waals surface area contributed by atoms with Gasteiger partial charge in [-0.05, 0) is 102 Å². The number of aromatic nitrogens is 1. The number of hydrogen-bond donors (Lipinski definition) is 0. The van der Waals surface area contributed by atoms with E-state index in [0.29, 0.717) is 0 Å². The Hall–Kier alpha value is -5.55. The van der Waals surface area contributed by atoms with Crippen molar-refractivity contribution in [1.82, 2.24) is 4.98 Å². The van der Waals surface area contributed by atoms with E-state index in [1.165, 1.54) is 72.9 Å². The molecule has 5 aromatic carbocycles. The average molecular weight is 593 g/mol. The van der Waals surface area contributed by atoms with Gasteiger partial charge >= 0.3 is 6.85 Å². The molecular formula is C41H33BN4. The molecule has 0 aliphatic carbocycles. The summed E-state index contributed by atoms with van der Waals surface area (Å²) in [4.78, 5) is 12.2. The van der Waals surface area contributed by atoms with Crippen LogP contribution in [0.3, 0.4) is 0 Å². The number of para-hydroxylation sites is 3. The average Bonchev–Trinajstić information content (AvgIpc) is 3.41.